The number of fused-ring (bicyclic) bond motifs is 1. The lowest BCUT2D eigenvalue weighted by atomic mass is 10.2. The van der Waals surface area contributed by atoms with Crippen LogP contribution < -0.4 is 10.7 Å². The topological polar surface area (TPSA) is 129 Å². The Hall–Kier alpha value is -4.08. The Balaban J connectivity index is 1.73. The van der Waals surface area contributed by atoms with Crippen molar-refractivity contribution in [3.05, 3.63) is 80.4 Å². The van der Waals surface area contributed by atoms with E-state index in [9.17, 15) is 28.9 Å². The second-order valence-corrected chi connectivity index (χ2v) is 5.93. The van der Waals surface area contributed by atoms with Crippen LogP contribution in [0.1, 0.15) is 17.5 Å². The monoisotopic (exact) mass is 400 g/mol. The summed E-state index contributed by atoms with van der Waals surface area (Å²) in [7, 11) is 0. The van der Waals surface area contributed by atoms with E-state index in [4.69, 9.17) is 9.15 Å². The van der Waals surface area contributed by atoms with Gasteiger partial charge in [-0.25, -0.2) is 4.79 Å². The summed E-state index contributed by atoms with van der Waals surface area (Å²) in [6.45, 7) is 1.25. The number of nitrogens with zero attached hydrogens (tertiary/aromatic N) is 1. The number of amides is 1. The maximum Gasteiger partial charge on any atom is 0.375 e. The smallest absolute Gasteiger partial charge is 0.375 e. The van der Waals surface area contributed by atoms with Crippen molar-refractivity contribution in [1.29, 1.82) is 0 Å². The highest BCUT2D eigenvalue weighted by atomic mass is 19.1. The third kappa shape index (κ3) is 4.26. The second kappa shape index (κ2) is 7.89. The Morgan fingerprint density at radius 1 is 1.21 bits per heavy atom. The number of nitro benzene ring substituents is 1. The van der Waals surface area contributed by atoms with Crippen LogP contribution in [0.25, 0.3) is 11.0 Å². The predicted octanol–water partition coefficient (Wildman–Crippen LogP) is 3.02. The lowest BCUT2D eigenvalue weighted by molar-refractivity contribution is -0.387. The first kappa shape index (κ1) is 19.7. The number of nitro groups is 1. The molecule has 3 aromatic rings. The zero-order valence-electron chi connectivity index (χ0n) is 14.9. The summed E-state index contributed by atoms with van der Waals surface area (Å²) in [5.41, 5.74) is -1.13. The minimum absolute atomic E-state index is 0.0526. The number of rotatable bonds is 5. The second-order valence-electron chi connectivity index (χ2n) is 5.93. The van der Waals surface area contributed by atoms with Gasteiger partial charge in [-0.3, -0.25) is 19.7 Å². The largest absolute Gasteiger partial charge is 0.449 e. The van der Waals surface area contributed by atoms with Gasteiger partial charge in [0.2, 0.25) is 11.6 Å². The molecule has 1 atom stereocenters. The van der Waals surface area contributed by atoms with Crippen LogP contribution in [0.15, 0.2) is 57.7 Å². The molecule has 10 heteroatoms. The lowest BCUT2D eigenvalue weighted by Crippen LogP contribution is -2.30. The molecule has 0 aliphatic carbocycles. The number of esters is 1. The molecule has 1 heterocycles. The average molecular weight is 400 g/mol. The van der Waals surface area contributed by atoms with Gasteiger partial charge in [0.05, 0.1) is 10.3 Å². The standard InChI is InChI=1S/C19H13FN2O7/c1-10(18(24)21-11-6-7-13(20)14(8-11)22(26)27)28-19(25)17-9-15(23)12-4-2-3-5-16(12)29-17/h2-10H,1H3,(H,21,24)/t10-/m0/s1. The van der Waals surface area contributed by atoms with Gasteiger partial charge in [0.1, 0.15) is 5.58 Å². The third-order valence-electron chi connectivity index (χ3n) is 3.90. The predicted molar refractivity (Wildman–Crippen MR) is 99.0 cm³/mol. The normalized spacial score (nSPS) is 11.7. The molecule has 0 saturated carbocycles. The number of ether oxygens (including phenoxy) is 1. The van der Waals surface area contributed by atoms with E-state index in [2.05, 4.69) is 5.32 Å². The van der Waals surface area contributed by atoms with Gasteiger partial charge in [0.25, 0.3) is 5.91 Å². The van der Waals surface area contributed by atoms with E-state index in [1.165, 1.54) is 19.1 Å². The molecular weight excluding hydrogens is 387 g/mol. The fourth-order valence-corrected chi connectivity index (χ4v) is 2.45. The zero-order valence-corrected chi connectivity index (χ0v) is 14.9. The SMILES string of the molecule is C[C@H](OC(=O)c1cc(=O)c2ccccc2o1)C(=O)Nc1ccc(F)c([N+](=O)[O-])c1. The molecule has 1 aromatic heterocycles. The van der Waals surface area contributed by atoms with Crippen molar-refractivity contribution in [2.24, 2.45) is 0 Å². The van der Waals surface area contributed by atoms with Crippen molar-refractivity contribution >= 4 is 34.2 Å². The zero-order chi connectivity index (χ0) is 21.1. The highest BCUT2D eigenvalue weighted by molar-refractivity contribution is 5.97. The summed E-state index contributed by atoms with van der Waals surface area (Å²) in [5.74, 6) is -3.30. The molecule has 0 bridgehead atoms. The molecule has 2 aromatic carbocycles. The highest BCUT2D eigenvalue weighted by Crippen LogP contribution is 2.22. The number of nitrogens with one attached hydrogen (secondary N) is 1. The van der Waals surface area contributed by atoms with Gasteiger partial charge in [-0.05, 0) is 31.2 Å². The minimum atomic E-state index is -1.33. The quantitative estimate of drug-likeness (QED) is 0.396. The van der Waals surface area contributed by atoms with Crippen molar-refractivity contribution in [1.82, 2.24) is 0 Å². The minimum Gasteiger partial charge on any atom is -0.449 e. The van der Waals surface area contributed by atoms with E-state index >= 15 is 0 Å². The van der Waals surface area contributed by atoms with E-state index in [1.54, 1.807) is 12.1 Å². The number of para-hydroxylation sites is 1. The van der Waals surface area contributed by atoms with Crippen molar-refractivity contribution in [2.75, 3.05) is 5.32 Å². The molecule has 0 unspecified atom stereocenters. The fourth-order valence-electron chi connectivity index (χ4n) is 2.45. The first-order valence-corrected chi connectivity index (χ1v) is 8.25. The molecule has 1 amide bonds. The van der Waals surface area contributed by atoms with Gasteiger partial charge in [-0.2, -0.15) is 4.39 Å². The first-order valence-electron chi connectivity index (χ1n) is 8.25. The van der Waals surface area contributed by atoms with Crippen LogP contribution in [0.5, 0.6) is 0 Å². The van der Waals surface area contributed by atoms with Gasteiger partial charge in [0.15, 0.2) is 11.5 Å². The first-order chi connectivity index (χ1) is 13.8. The molecule has 0 aliphatic rings. The summed E-state index contributed by atoms with van der Waals surface area (Å²) in [6, 6.07) is 10.1. The summed E-state index contributed by atoms with van der Waals surface area (Å²) in [5, 5.41) is 13.3. The van der Waals surface area contributed by atoms with Gasteiger partial charge in [-0.1, -0.05) is 12.1 Å². The van der Waals surface area contributed by atoms with Crippen LogP contribution in [0, 0.1) is 15.9 Å². The Kier molecular flexibility index (Phi) is 5.35. The van der Waals surface area contributed by atoms with Crippen LogP contribution in [-0.4, -0.2) is 22.9 Å². The number of carbonyl (C=O) groups is 2. The highest BCUT2D eigenvalue weighted by Gasteiger charge is 2.23. The van der Waals surface area contributed by atoms with Crippen LogP contribution in [-0.2, 0) is 9.53 Å². The van der Waals surface area contributed by atoms with Gasteiger partial charge < -0.3 is 14.5 Å². The van der Waals surface area contributed by atoms with E-state index in [0.717, 1.165) is 24.3 Å². The van der Waals surface area contributed by atoms with Crippen LogP contribution >= 0.6 is 0 Å². The number of hydrogen-bond acceptors (Lipinski definition) is 7. The van der Waals surface area contributed by atoms with Crippen LogP contribution in [0.4, 0.5) is 15.8 Å². The molecule has 29 heavy (non-hydrogen) atoms. The molecule has 9 nitrogen and oxygen atoms in total. The lowest BCUT2D eigenvalue weighted by Gasteiger charge is -2.13. The van der Waals surface area contributed by atoms with Gasteiger partial charge in [-0.15, -0.1) is 0 Å². The molecular formula is C19H13FN2O7. The number of benzene rings is 2. The summed E-state index contributed by atoms with van der Waals surface area (Å²) in [6.07, 6.45) is -1.33. The molecule has 0 radical (unpaired) electrons. The maximum absolute atomic E-state index is 13.4. The van der Waals surface area contributed by atoms with Crippen LogP contribution in [0.3, 0.4) is 0 Å². The molecule has 0 saturated heterocycles. The number of carbonyl (C=O) groups excluding carboxylic acids is 2. The number of halogens is 1. The van der Waals surface area contributed by atoms with E-state index in [0.29, 0.717) is 0 Å². The van der Waals surface area contributed by atoms with E-state index in [-0.39, 0.29) is 22.4 Å². The molecule has 0 spiro atoms. The average Bonchev–Trinajstić information content (AvgIpc) is 2.69. The molecule has 0 aliphatic heterocycles. The van der Waals surface area contributed by atoms with Crippen molar-refractivity contribution in [2.45, 2.75) is 13.0 Å². The summed E-state index contributed by atoms with van der Waals surface area (Å²) < 4.78 is 23.7. The van der Waals surface area contributed by atoms with E-state index in [1.807, 2.05) is 0 Å². The van der Waals surface area contributed by atoms with E-state index < -0.39 is 39.8 Å². The van der Waals surface area contributed by atoms with Gasteiger partial charge in [0, 0.05) is 17.8 Å². The van der Waals surface area contributed by atoms with Crippen molar-refractivity contribution in [3.63, 3.8) is 0 Å². The number of hydrogen-bond donors (Lipinski definition) is 1. The Bertz CT molecular complexity index is 1190. The summed E-state index contributed by atoms with van der Waals surface area (Å²) in [4.78, 5) is 46.3. The van der Waals surface area contributed by atoms with Crippen LogP contribution in [0.2, 0.25) is 0 Å². The van der Waals surface area contributed by atoms with Gasteiger partial charge >= 0.3 is 11.7 Å². The Morgan fingerprint density at radius 3 is 2.66 bits per heavy atom. The van der Waals surface area contributed by atoms with Crippen molar-refractivity contribution in [3.8, 4) is 0 Å². The number of anilines is 1. The Morgan fingerprint density at radius 2 is 1.93 bits per heavy atom. The van der Waals surface area contributed by atoms with Crippen molar-refractivity contribution < 1.29 is 28.1 Å². The summed E-state index contributed by atoms with van der Waals surface area (Å²) >= 11 is 0. The molecule has 3 rings (SSSR count). The third-order valence-corrected chi connectivity index (χ3v) is 3.90. The fraction of sp³-hybridized carbons (Fsp3) is 0.105. The molecule has 0 fully saturated rings. The molecule has 1 N–H and O–H groups in total. The maximum atomic E-state index is 13.4. The molecule has 148 valence electrons. The Labute approximate surface area is 161 Å².